The third-order valence-corrected chi connectivity index (χ3v) is 3.06. The Labute approximate surface area is 113 Å². The van der Waals surface area contributed by atoms with Gasteiger partial charge in [0.05, 0.1) is 6.10 Å². The van der Waals surface area contributed by atoms with E-state index in [9.17, 15) is 9.59 Å². The van der Waals surface area contributed by atoms with Crippen molar-refractivity contribution in [3.8, 4) is 0 Å². The van der Waals surface area contributed by atoms with Gasteiger partial charge in [-0.05, 0) is 19.8 Å². The minimum atomic E-state index is -1.01. The quantitative estimate of drug-likeness (QED) is 0.736. The number of likely N-dealkylation sites (tertiary alicyclic amines) is 1. The molecule has 1 aliphatic rings. The second-order valence-corrected chi connectivity index (χ2v) is 4.49. The number of hydrogen-bond acceptors (Lipinski definition) is 3. The molecule has 0 radical (unpaired) electrons. The van der Waals surface area contributed by atoms with Crippen molar-refractivity contribution in [2.45, 2.75) is 25.9 Å². The normalized spacial score (nSPS) is 16.2. The van der Waals surface area contributed by atoms with E-state index in [1.165, 1.54) is 11.0 Å². The van der Waals surface area contributed by atoms with Gasteiger partial charge in [-0.1, -0.05) is 6.08 Å². The number of rotatable bonds is 6. The summed E-state index contributed by atoms with van der Waals surface area (Å²) >= 11 is 0. The number of ether oxygens (including phenoxy) is 1. The SMILES string of the molecule is C=CCN(CC(=O)O)C(=O)N1CCC(OCC)CC1. The van der Waals surface area contributed by atoms with Crippen molar-refractivity contribution in [3.05, 3.63) is 12.7 Å². The topological polar surface area (TPSA) is 70.1 Å². The van der Waals surface area contributed by atoms with Crippen LogP contribution in [0.3, 0.4) is 0 Å². The van der Waals surface area contributed by atoms with E-state index in [1.54, 1.807) is 4.90 Å². The molecule has 0 aromatic heterocycles. The summed E-state index contributed by atoms with van der Waals surface area (Å²) in [5.74, 6) is -1.01. The van der Waals surface area contributed by atoms with Crippen LogP contribution < -0.4 is 0 Å². The maximum absolute atomic E-state index is 12.2. The van der Waals surface area contributed by atoms with Gasteiger partial charge in [0.25, 0.3) is 0 Å². The van der Waals surface area contributed by atoms with Gasteiger partial charge in [-0.25, -0.2) is 4.79 Å². The molecular formula is C13H22N2O4. The molecular weight excluding hydrogens is 248 g/mol. The van der Waals surface area contributed by atoms with Crippen molar-refractivity contribution in [1.82, 2.24) is 9.80 Å². The number of aliphatic carboxylic acids is 1. The van der Waals surface area contributed by atoms with Crippen LogP contribution in [0.1, 0.15) is 19.8 Å². The van der Waals surface area contributed by atoms with Gasteiger partial charge >= 0.3 is 12.0 Å². The average molecular weight is 270 g/mol. The highest BCUT2D eigenvalue weighted by atomic mass is 16.5. The van der Waals surface area contributed by atoms with Crippen LogP contribution in [0.4, 0.5) is 4.79 Å². The molecule has 6 heteroatoms. The Morgan fingerprint density at radius 1 is 1.47 bits per heavy atom. The van der Waals surface area contributed by atoms with Crippen molar-refractivity contribution in [2.75, 3.05) is 32.8 Å². The standard InChI is InChI=1S/C13H22N2O4/c1-3-7-15(10-12(16)17)13(18)14-8-5-11(6-9-14)19-4-2/h3,11H,1,4-10H2,2H3,(H,16,17). The van der Waals surface area contributed by atoms with E-state index >= 15 is 0 Å². The maximum atomic E-state index is 12.2. The van der Waals surface area contributed by atoms with Gasteiger partial charge in [0.1, 0.15) is 6.54 Å². The molecule has 1 N–H and O–H groups in total. The lowest BCUT2D eigenvalue weighted by atomic mass is 10.1. The summed E-state index contributed by atoms with van der Waals surface area (Å²) in [6.07, 6.45) is 3.35. The van der Waals surface area contributed by atoms with Gasteiger partial charge in [0.2, 0.25) is 0 Å². The Morgan fingerprint density at radius 3 is 2.58 bits per heavy atom. The molecule has 1 heterocycles. The zero-order valence-electron chi connectivity index (χ0n) is 11.4. The zero-order valence-corrected chi connectivity index (χ0v) is 11.4. The molecule has 0 aromatic carbocycles. The number of carbonyl (C=O) groups is 2. The van der Waals surface area contributed by atoms with E-state index < -0.39 is 5.97 Å². The zero-order chi connectivity index (χ0) is 14.3. The first-order valence-electron chi connectivity index (χ1n) is 6.56. The molecule has 1 saturated heterocycles. The Balaban J connectivity index is 2.51. The molecule has 108 valence electrons. The van der Waals surface area contributed by atoms with Crippen LogP contribution >= 0.6 is 0 Å². The van der Waals surface area contributed by atoms with Gasteiger partial charge in [-0.15, -0.1) is 6.58 Å². The molecule has 19 heavy (non-hydrogen) atoms. The smallest absolute Gasteiger partial charge is 0.323 e. The molecule has 1 rings (SSSR count). The third kappa shape index (κ3) is 4.90. The van der Waals surface area contributed by atoms with Crippen molar-refractivity contribution in [2.24, 2.45) is 0 Å². The first kappa shape index (κ1) is 15.5. The van der Waals surface area contributed by atoms with Crippen LogP contribution in [0.2, 0.25) is 0 Å². The lowest BCUT2D eigenvalue weighted by Gasteiger charge is -2.34. The monoisotopic (exact) mass is 270 g/mol. The van der Waals surface area contributed by atoms with Crippen LogP contribution in [0.5, 0.6) is 0 Å². The fourth-order valence-electron chi connectivity index (χ4n) is 2.18. The van der Waals surface area contributed by atoms with Crippen molar-refractivity contribution in [1.29, 1.82) is 0 Å². The summed E-state index contributed by atoms with van der Waals surface area (Å²) in [6, 6.07) is -0.239. The fraction of sp³-hybridized carbons (Fsp3) is 0.692. The predicted molar refractivity (Wildman–Crippen MR) is 71.0 cm³/mol. The number of piperidine rings is 1. The number of nitrogens with zero attached hydrogens (tertiary/aromatic N) is 2. The molecule has 1 aliphatic heterocycles. The first-order chi connectivity index (χ1) is 9.08. The van der Waals surface area contributed by atoms with E-state index in [4.69, 9.17) is 9.84 Å². The highest BCUT2D eigenvalue weighted by Gasteiger charge is 2.26. The number of carbonyl (C=O) groups excluding carboxylic acids is 1. The predicted octanol–water partition coefficient (Wildman–Crippen LogP) is 1.18. The number of carboxylic acid groups (broad SMARTS) is 1. The van der Waals surface area contributed by atoms with E-state index in [0.717, 1.165) is 12.8 Å². The maximum Gasteiger partial charge on any atom is 0.323 e. The van der Waals surface area contributed by atoms with Crippen molar-refractivity contribution < 1.29 is 19.4 Å². The number of hydrogen-bond donors (Lipinski definition) is 1. The van der Waals surface area contributed by atoms with E-state index in [2.05, 4.69) is 6.58 Å². The lowest BCUT2D eigenvalue weighted by molar-refractivity contribution is -0.137. The average Bonchev–Trinajstić information content (AvgIpc) is 2.38. The Morgan fingerprint density at radius 2 is 2.11 bits per heavy atom. The molecule has 0 bridgehead atoms. The molecule has 0 saturated carbocycles. The van der Waals surface area contributed by atoms with E-state index in [1.807, 2.05) is 6.92 Å². The summed E-state index contributed by atoms with van der Waals surface area (Å²) in [6.45, 7) is 7.35. The van der Waals surface area contributed by atoms with Gasteiger partial charge in [0.15, 0.2) is 0 Å². The van der Waals surface area contributed by atoms with Gasteiger partial charge in [-0.3, -0.25) is 4.79 Å². The summed E-state index contributed by atoms with van der Waals surface area (Å²) in [7, 11) is 0. The van der Waals surface area contributed by atoms with Crippen LogP contribution in [0, 0.1) is 0 Å². The third-order valence-electron chi connectivity index (χ3n) is 3.06. The molecule has 1 fully saturated rings. The van der Waals surface area contributed by atoms with E-state index in [0.29, 0.717) is 19.7 Å². The van der Waals surface area contributed by atoms with Crippen LogP contribution in [0.15, 0.2) is 12.7 Å². The molecule has 0 atom stereocenters. The van der Waals surface area contributed by atoms with Gasteiger partial charge < -0.3 is 19.6 Å². The summed E-state index contributed by atoms with van der Waals surface area (Å²) < 4.78 is 5.52. The fourth-order valence-corrected chi connectivity index (χ4v) is 2.18. The molecule has 2 amide bonds. The van der Waals surface area contributed by atoms with Crippen LogP contribution in [0.25, 0.3) is 0 Å². The second-order valence-electron chi connectivity index (χ2n) is 4.49. The number of urea groups is 1. The Hall–Kier alpha value is -1.56. The van der Waals surface area contributed by atoms with Crippen LogP contribution in [-0.2, 0) is 9.53 Å². The van der Waals surface area contributed by atoms with E-state index in [-0.39, 0.29) is 25.2 Å². The minimum Gasteiger partial charge on any atom is -0.480 e. The highest BCUT2D eigenvalue weighted by molar-refractivity contribution is 5.80. The molecule has 0 spiro atoms. The Kier molecular flexibility index (Phi) is 6.35. The summed E-state index contributed by atoms with van der Waals surface area (Å²) in [5, 5.41) is 8.80. The number of carboxylic acids is 1. The second kappa shape index (κ2) is 7.78. The van der Waals surface area contributed by atoms with Gasteiger partial charge in [0, 0.05) is 26.2 Å². The minimum absolute atomic E-state index is 0.210. The highest BCUT2D eigenvalue weighted by Crippen LogP contribution is 2.15. The van der Waals surface area contributed by atoms with Crippen LogP contribution in [-0.4, -0.2) is 65.8 Å². The Bertz CT molecular complexity index is 325. The van der Waals surface area contributed by atoms with Crippen molar-refractivity contribution in [3.63, 3.8) is 0 Å². The largest absolute Gasteiger partial charge is 0.480 e. The molecule has 6 nitrogen and oxygen atoms in total. The molecule has 0 unspecified atom stereocenters. The first-order valence-corrected chi connectivity index (χ1v) is 6.56. The lowest BCUT2D eigenvalue weighted by Crippen LogP contribution is -2.49. The van der Waals surface area contributed by atoms with Crippen molar-refractivity contribution >= 4 is 12.0 Å². The molecule has 0 aromatic rings. The molecule has 0 aliphatic carbocycles. The summed E-state index contributed by atoms with van der Waals surface area (Å²) in [5.41, 5.74) is 0. The van der Waals surface area contributed by atoms with Gasteiger partial charge in [-0.2, -0.15) is 0 Å². The number of amides is 2. The summed E-state index contributed by atoms with van der Waals surface area (Å²) in [4.78, 5) is 25.9.